The van der Waals surface area contributed by atoms with Gasteiger partial charge in [-0.2, -0.15) is 0 Å². The molecule has 0 amide bonds. The van der Waals surface area contributed by atoms with Crippen molar-refractivity contribution in [3.05, 3.63) is 101 Å². The first-order chi connectivity index (χ1) is 12.8. The Bertz CT molecular complexity index is 959. The van der Waals surface area contributed by atoms with Crippen LogP contribution in [0.3, 0.4) is 0 Å². The fourth-order valence-electron chi connectivity index (χ4n) is 4.40. The molecule has 0 bridgehead atoms. The van der Waals surface area contributed by atoms with Crippen molar-refractivity contribution in [1.82, 2.24) is 0 Å². The lowest BCUT2D eigenvalue weighted by Crippen LogP contribution is -2.29. The van der Waals surface area contributed by atoms with Crippen molar-refractivity contribution in [3.63, 3.8) is 0 Å². The van der Waals surface area contributed by atoms with Gasteiger partial charge in [0, 0.05) is 16.1 Å². The van der Waals surface area contributed by atoms with Gasteiger partial charge in [-0.3, -0.25) is 0 Å². The average Bonchev–Trinajstić information content (AvgIpc) is 3.19. The number of anilines is 1. The number of hydrogen-bond donors (Lipinski definition) is 1. The number of halogens is 1. The van der Waals surface area contributed by atoms with Crippen LogP contribution in [0.1, 0.15) is 29.5 Å². The van der Waals surface area contributed by atoms with Crippen LogP contribution >= 0.6 is 15.9 Å². The summed E-state index contributed by atoms with van der Waals surface area (Å²) in [7, 11) is 0. The maximum absolute atomic E-state index is 3.83. The van der Waals surface area contributed by atoms with E-state index in [2.05, 4.69) is 106 Å². The summed E-state index contributed by atoms with van der Waals surface area (Å²) in [6.45, 7) is 0. The van der Waals surface area contributed by atoms with Crippen molar-refractivity contribution in [3.8, 4) is 11.1 Å². The summed E-state index contributed by atoms with van der Waals surface area (Å²) >= 11 is 3.55. The molecule has 1 nitrogen and oxygen atoms in total. The minimum absolute atomic E-state index is 0.359. The van der Waals surface area contributed by atoms with Gasteiger partial charge in [-0.15, -0.1) is 0 Å². The molecule has 1 heterocycles. The fraction of sp³-hybridized carbons (Fsp3) is 0.167. The van der Waals surface area contributed by atoms with Gasteiger partial charge in [-0.05, 0) is 58.9 Å². The molecule has 3 aromatic rings. The van der Waals surface area contributed by atoms with Crippen LogP contribution in [0.5, 0.6) is 0 Å². The second kappa shape index (κ2) is 6.44. The lowest BCUT2D eigenvalue weighted by atomic mass is 9.76. The van der Waals surface area contributed by atoms with Gasteiger partial charge in [0.15, 0.2) is 0 Å². The van der Waals surface area contributed by atoms with Gasteiger partial charge in [-0.25, -0.2) is 0 Å². The van der Waals surface area contributed by atoms with Crippen LogP contribution in [-0.2, 0) is 0 Å². The molecule has 2 heteroatoms. The van der Waals surface area contributed by atoms with Crippen LogP contribution in [0.2, 0.25) is 0 Å². The zero-order chi connectivity index (χ0) is 17.5. The molecule has 0 unspecified atom stereocenters. The van der Waals surface area contributed by atoms with E-state index in [1.165, 1.54) is 27.9 Å². The Morgan fingerprint density at radius 2 is 1.65 bits per heavy atom. The average molecular weight is 402 g/mol. The van der Waals surface area contributed by atoms with Crippen molar-refractivity contribution in [2.75, 3.05) is 5.32 Å². The second-order valence-electron chi connectivity index (χ2n) is 7.20. The van der Waals surface area contributed by atoms with E-state index in [-0.39, 0.29) is 0 Å². The maximum Gasteiger partial charge on any atom is 0.0553 e. The van der Waals surface area contributed by atoms with E-state index in [1.807, 2.05) is 0 Å². The minimum Gasteiger partial charge on any atom is -0.378 e. The molecule has 3 atom stereocenters. The highest BCUT2D eigenvalue weighted by Gasteiger charge is 2.37. The smallest absolute Gasteiger partial charge is 0.0553 e. The summed E-state index contributed by atoms with van der Waals surface area (Å²) in [6, 6.07) is 26.6. The summed E-state index contributed by atoms with van der Waals surface area (Å²) in [5, 5.41) is 3.83. The second-order valence-corrected chi connectivity index (χ2v) is 8.11. The van der Waals surface area contributed by atoms with Gasteiger partial charge in [0.25, 0.3) is 0 Å². The first-order valence-corrected chi connectivity index (χ1v) is 9.97. The highest BCUT2D eigenvalue weighted by molar-refractivity contribution is 9.10. The number of fused-ring (bicyclic) bond motifs is 3. The Balaban J connectivity index is 1.56. The number of rotatable bonds is 2. The third-order valence-corrected chi connectivity index (χ3v) is 6.23. The quantitative estimate of drug-likeness (QED) is 0.458. The monoisotopic (exact) mass is 401 g/mol. The number of allylic oxidation sites excluding steroid dienone is 2. The Labute approximate surface area is 162 Å². The lowest BCUT2D eigenvalue weighted by Gasteiger charge is -2.37. The van der Waals surface area contributed by atoms with Gasteiger partial charge >= 0.3 is 0 Å². The van der Waals surface area contributed by atoms with Gasteiger partial charge in [0.1, 0.15) is 0 Å². The van der Waals surface area contributed by atoms with Crippen LogP contribution in [0.15, 0.2) is 89.4 Å². The van der Waals surface area contributed by atoms with E-state index in [4.69, 9.17) is 0 Å². The number of benzene rings is 3. The molecule has 5 rings (SSSR count). The summed E-state index contributed by atoms with van der Waals surface area (Å²) in [6.07, 6.45) is 5.89. The third-order valence-electron chi connectivity index (χ3n) is 5.70. The van der Waals surface area contributed by atoms with Crippen LogP contribution in [0.4, 0.5) is 5.69 Å². The zero-order valence-electron chi connectivity index (χ0n) is 14.4. The first-order valence-electron chi connectivity index (χ1n) is 9.17. The fourth-order valence-corrected chi connectivity index (χ4v) is 4.67. The normalized spacial score (nSPS) is 23.2. The largest absolute Gasteiger partial charge is 0.378 e. The molecule has 1 aliphatic heterocycles. The van der Waals surface area contributed by atoms with Gasteiger partial charge < -0.3 is 5.32 Å². The number of hydrogen-bond acceptors (Lipinski definition) is 1. The summed E-state index contributed by atoms with van der Waals surface area (Å²) in [5.74, 6) is 1.07. The minimum atomic E-state index is 0.359. The summed E-state index contributed by atoms with van der Waals surface area (Å²) < 4.78 is 1.13. The Hall–Kier alpha value is -2.32. The molecule has 0 aromatic heterocycles. The molecule has 3 aromatic carbocycles. The molecule has 0 radical (unpaired) electrons. The van der Waals surface area contributed by atoms with Gasteiger partial charge in [-0.1, -0.05) is 76.6 Å². The Kier molecular flexibility index (Phi) is 3.94. The first kappa shape index (κ1) is 15.9. The molecule has 26 heavy (non-hydrogen) atoms. The van der Waals surface area contributed by atoms with Crippen LogP contribution < -0.4 is 5.32 Å². The Morgan fingerprint density at radius 3 is 2.46 bits per heavy atom. The SMILES string of the molecule is Brc1ccc([C@@H]2Nc3ccc(-c4ccccc4)cc3[C@H]3C=CC[C@@H]32)cc1. The molecular formula is C24H20BrN. The van der Waals surface area contributed by atoms with Crippen molar-refractivity contribution >= 4 is 21.6 Å². The van der Waals surface area contributed by atoms with E-state index < -0.39 is 0 Å². The summed E-state index contributed by atoms with van der Waals surface area (Å²) in [5.41, 5.74) is 6.64. The number of nitrogens with one attached hydrogen (secondary N) is 1. The molecular weight excluding hydrogens is 382 g/mol. The molecule has 1 N–H and O–H groups in total. The van der Waals surface area contributed by atoms with Gasteiger partial charge in [0.05, 0.1) is 6.04 Å². The molecule has 2 aliphatic rings. The molecule has 128 valence electrons. The van der Waals surface area contributed by atoms with Gasteiger partial charge in [0.2, 0.25) is 0 Å². The zero-order valence-corrected chi connectivity index (χ0v) is 16.0. The third kappa shape index (κ3) is 2.69. The lowest BCUT2D eigenvalue weighted by molar-refractivity contribution is 0.425. The predicted molar refractivity (Wildman–Crippen MR) is 112 cm³/mol. The predicted octanol–water partition coefficient (Wildman–Crippen LogP) is 6.94. The van der Waals surface area contributed by atoms with E-state index >= 15 is 0 Å². The van der Waals surface area contributed by atoms with Crippen molar-refractivity contribution < 1.29 is 0 Å². The van der Waals surface area contributed by atoms with Crippen LogP contribution in [0, 0.1) is 5.92 Å². The standard InChI is InChI=1S/C24H20BrN/c25-19-12-9-17(10-13-19)24-21-8-4-7-20(21)22-15-18(11-14-23(22)26-24)16-5-2-1-3-6-16/h1-7,9-15,20-21,24,26H,8H2/t20-,21-,24-/m0/s1. The Morgan fingerprint density at radius 1 is 0.846 bits per heavy atom. The van der Waals surface area contributed by atoms with Crippen LogP contribution in [0.25, 0.3) is 11.1 Å². The topological polar surface area (TPSA) is 12.0 Å². The molecule has 0 saturated carbocycles. The highest BCUT2D eigenvalue weighted by Crippen LogP contribution is 2.50. The highest BCUT2D eigenvalue weighted by atomic mass is 79.9. The van der Waals surface area contributed by atoms with E-state index in [0.29, 0.717) is 17.9 Å². The van der Waals surface area contributed by atoms with Crippen molar-refractivity contribution in [2.45, 2.75) is 18.4 Å². The summed E-state index contributed by atoms with van der Waals surface area (Å²) in [4.78, 5) is 0. The van der Waals surface area contributed by atoms with Crippen molar-refractivity contribution in [1.29, 1.82) is 0 Å². The van der Waals surface area contributed by atoms with E-state index in [9.17, 15) is 0 Å². The molecule has 0 spiro atoms. The van der Waals surface area contributed by atoms with Crippen molar-refractivity contribution in [2.24, 2.45) is 5.92 Å². The molecule has 1 aliphatic carbocycles. The van der Waals surface area contributed by atoms with E-state index in [1.54, 1.807) is 0 Å². The van der Waals surface area contributed by atoms with E-state index in [0.717, 1.165) is 10.9 Å². The molecule has 0 saturated heterocycles. The maximum atomic E-state index is 3.83. The van der Waals surface area contributed by atoms with Crippen LogP contribution in [-0.4, -0.2) is 0 Å². The molecule has 0 fully saturated rings.